The standard InChI is InChI=1S/C25H22N4O4S/c1-14-6-4-7-17(12-14)29-15(2)21(24-27-23(28-33-24)20-8-5-11-34-20)22(26-25(29)31)16-9-10-19(32-3)18(30)13-16/h4-13,22,30H,1-3H3,(H,26,31). The van der Waals surface area contributed by atoms with E-state index in [1.807, 2.05) is 55.6 Å². The highest BCUT2D eigenvalue weighted by Gasteiger charge is 2.37. The van der Waals surface area contributed by atoms with E-state index in [0.29, 0.717) is 34.3 Å². The van der Waals surface area contributed by atoms with Crippen molar-refractivity contribution in [1.82, 2.24) is 15.5 Å². The summed E-state index contributed by atoms with van der Waals surface area (Å²) in [7, 11) is 1.48. The number of carbonyl (C=O) groups is 1. The first kappa shape index (κ1) is 21.7. The number of amides is 2. The van der Waals surface area contributed by atoms with E-state index in [1.165, 1.54) is 18.4 Å². The molecule has 0 aliphatic carbocycles. The van der Waals surface area contributed by atoms with Gasteiger partial charge >= 0.3 is 6.03 Å². The van der Waals surface area contributed by atoms with Crippen LogP contribution in [0, 0.1) is 6.92 Å². The number of nitrogens with zero attached hydrogens (tertiary/aromatic N) is 3. The van der Waals surface area contributed by atoms with Crippen molar-refractivity contribution in [2.45, 2.75) is 19.9 Å². The zero-order valence-corrected chi connectivity index (χ0v) is 19.6. The van der Waals surface area contributed by atoms with Crippen LogP contribution in [0.25, 0.3) is 16.3 Å². The first-order valence-corrected chi connectivity index (χ1v) is 11.5. The molecule has 8 nitrogen and oxygen atoms in total. The molecule has 2 aromatic heterocycles. The lowest BCUT2D eigenvalue weighted by molar-refractivity contribution is 0.244. The van der Waals surface area contributed by atoms with Gasteiger partial charge in [-0.2, -0.15) is 4.98 Å². The topological polar surface area (TPSA) is 101 Å². The first-order valence-electron chi connectivity index (χ1n) is 10.6. The van der Waals surface area contributed by atoms with Crippen LogP contribution in [-0.2, 0) is 0 Å². The third-order valence-electron chi connectivity index (χ3n) is 5.68. The maximum absolute atomic E-state index is 13.3. The van der Waals surface area contributed by atoms with Crippen LogP contribution < -0.4 is 15.0 Å². The van der Waals surface area contributed by atoms with E-state index in [-0.39, 0.29) is 11.8 Å². The molecular weight excluding hydrogens is 452 g/mol. The Labute approximate surface area is 200 Å². The average molecular weight is 475 g/mol. The molecule has 0 fully saturated rings. The van der Waals surface area contributed by atoms with Gasteiger partial charge in [-0.1, -0.05) is 29.4 Å². The Morgan fingerprint density at radius 1 is 1.15 bits per heavy atom. The minimum Gasteiger partial charge on any atom is -0.504 e. The maximum Gasteiger partial charge on any atom is 0.326 e. The predicted octanol–water partition coefficient (Wildman–Crippen LogP) is 5.52. The van der Waals surface area contributed by atoms with Gasteiger partial charge in [-0.25, -0.2) is 4.79 Å². The molecule has 0 saturated heterocycles. The van der Waals surface area contributed by atoms with Gasteiger partial charge in [-0.3, -0.25) is 4.90 Å². The van der Waals surface area contributed by atoms with Crippen molar-refractivity contribution >= 4 is 28.6 Å². The number of methoxy groups -OCH3 is 1. The predicted molar refractivity (Wildman–Crippen MR) is 130 cm³/mol. The van der Waals surface area contributed by atoms with Crippen molar-refractivity contribution in [3.8, 4) is 22.2 Å². The average Bonchev–Trinajstić information content (AvgIpc) is 3.51. The number of aromatic nitrogens is 2. The normalized spacial score (nSPS) is 16.0. The largest absolute Gasteiger partial charge is 0.504 e. The van der Waals surface area contributed by atoms with Crippen molar-refractivity contribution < 1.29 is 19.2 Å². The van der Waals surface area contributed by atoms with E-state index in [2.05, 4.69) is 15.5 Å². The molecule has 0 radical (unpaired) electrons. The molecule has 9 heteroatoms. The summed E-state index contributed by atoms with van der Waals surface area (Å²) in [5, 5.41) is 19.5. The number of benzene rings is 2. The SMILES string of the molecule is COc1ccc(C2NC(=O)N(c3cccc(C)c3)C(C)=C2c2nc(-c3cccs3)no2)cc1O. The lowest BCUT2D eigenvalue weighted by atomic mass is 9.94. The molecule has 3 heterocycles. The fourth-order valence-electron chi connectivity index (χ4n) is 4.07. The van der Waals surface area contributed by atoms with Crippen molar-refractivity contribution in [3.05, 3.63) is 82.7 Å². The number of aromatic hydroxyl groups is 1. The number of rotatable bonds is 5. The quantitative estimate of drug-likeness (QED) is 0.395. The number of phenolic OH excluding ortho intramolecular Hbond substituents is 1. The van der Waals surface area contributed by atoms with Crippen LogP contribution in [0.3, 0.4) is 0 Å². The second kappa shape index (κ2) is 8.68. The van der Waals surface area contributed by atoms with E-state index in [0.717, 1.165) is 16.1 Å². The van der Waals surface area contributed by atoms with E-state index in [1.54, 1.807) is 23.1 Å². The van der Waals surface area contributed by atoms with Crippen molar-refractivity contribution in [1.29, 1.82) is 0 Å². The minimum atomic E-state index is -0.623. The smallest absolute Gasteiger partial charge is 0.326 e. The second-order valence-electron chi connectivity index (χ2n) is 7.89. The molecule has 2 amide bonds. The number of hydrogen-bond donors (Lipinski definition) is 2. The lowest BCUT2D eigenvalue weighted by Gasteiger charge is -2.35. The molecule has 1 aliphatic rings. The zero-order valence-electron chi connectivity index (χ0n) is 18.8. The lowest BCUT2D eigenvalue weighted by Crippen LogP contribution is -2.46. The van der Waals surface area contributed by atoms with Gasteiger partial charge in [0.2, 0.25) is 5.82 Å². The van der Waals surface area contributed by atoms with E-state index in [4.69, 9.17) is 9.26 Å². The summed E-state index contributed by atoms with van der Waals surface area (Å²) < 4.78 is 10.9. The second-order valence-corrected chi connectivity index (χ2v) is 8.84. The van der Waals surface area contributed by atoms with Crippen molar-refractivity contribution in [2.75, 3.05) is 12.0 Å². The van der Waals surface area contributed by atoms with E-state index >= 15 is 0 Å². The molecule has 0 spiro atoms. The van der Waals surface area contributed by atoms with Crippen LogP contribution in [-0.4, -0.2) is 28.4 Å². The summed E-state index contributed by atoms with van der Waals surface area (Å²) in [6.45, 7) is 3.82. The van der Waals surface area contributed by atoms with Crippen molar-refractivity contribution in [3.63, 3.8) is 0 Å². The number of ether oxygens (including phenoxy) is 1. The van der Waals surface area contributed by atoms with Crippen LogP contribution in [0.4, 0.5) is 10.5 Å². The molecule has 34 heavy (non-hydrogen) atoms. The molecule has 1 atom stereocenters. The Hall–Kier alpha value is -4.11. The third kappa shape index (κ3) is 3.80. The Morgan fingerprint density at radius 2 is 2.00 bits per heavy atom. The Balaban J connectivity index is 1.67. The molecule has 2 N–H and O–H groups in total. The van der Waals surface area contributed by atoms with Gasteiger partial charge in [0.15, 0.2) is 11.5 Å². The monoisotopic (exact) mass is 474 g/mol. The molecule has 1 unspecified atom stereocenters. The molecule has 2 aromatic carbocycles. The number of anilines is 1. The van der Waals surface area contributed by atoms with Gasteiger partial charge in [-0.05, 0) is 60.7 Å². The molecule has 4 aromatic rings. The van der Waals surface area contributed by atoms with Gasteiger partial charge in [-0.15, -0.1) is 11.3 Å². The minimum absolute atomic E-state index is 0.0304. The number of phenols is 1. The Bertz CT molecular complexity index is 1390. The summed E-state index contributed by atoms with van der Waals surface area (Å²) in [4.78, 5) is 20.4. The first-order chi connectivity index (χ1) is 16.5. The van der Waals surface area contributed by atoms with Gasteiger partial charge in [0.25, 0.3) is 5.89 Å². The fourth-order valence-corrected chi connectivity index (χ4v) is 4.72. The van der Waals surface area contributed by atoms with Gasteiger partial charge in [0.05, 0.1) is 29.3 Å². The van der Waals surface area contributed by atoms with Gasteiger partial charge < -0.3 is 19.7 Å². The van der Waals surface area contributed by atoms with Crippen molar-refractivity contribution in [2.24, 2.45) is 0 Å². The van der Waals surface area contributed by atoms with Gasteiger partial charge in [0, 0.05) is 5.70 Å². The fraction of sp³-hybridized carbons (Fsp3) is 0.160. The number of allylic oxidation sites excluding steroid dienone is 1. The van der Waals surface area contributed by atoms with Gasteiger partial charge in [0.1, 0.15) is 0 Å². The summed E-state index contributed by atoms with van der Waals surface area (Å²) in [6, 6.07) is 15.6. The molecule has 0 saturated carbocycles. The number of urea groups is 1. The molecular formula is C25H22N4O4S. The summed E-state index contributed by atoms with van der Waals surface area (Å²) >= 11 is 1.51. The number of thiophene rings is 1. The molecule has 172 valence electrons. The summed E-state index contributed by atoms with van der Waals surface area (Å²) in [5.41, 5.74) is 3.69. The highest BCUT2D eigenvalue weighted by Crippen LogP contribution is 2.41. The number of aryl methyl sites for hydroxylation is 1. The van der Waals surface area contributed by atoms with Crippen LogP contribution in [0.1, 0.15) is 30.0 Å². The number of hydrogen-bond acceptors (Lipinski definition) is 7. The third-order valence-corrected chi connectivity index (χ3v) is 6.54. The zero-order chi connectivity index (χ0) is 23.8. The molecule has 0 bridgehead atoms. The molecule has 5 rings (SSSR count). The van der Waals surface area contributed by atoms with E-state index < -0.39 is 6.04 Å². The summed E-state index contributed by atoms with van der Waals surface area (Å²) in [5.74, 6) is 1.07. The number of carbonyl (C=O) groups excluding carboxylic acids is 1. The molecule has 1 aliphatic heterocycles. The van der Waals surface area contributed by atoms with Crippen LogP contribution in [0.15, 0.2) is 70.2 Å². The number of nitrogens with one attached hydrogen (secondary N) is 1. The van der Waals surface area contributed by atoms with Crippen LogP contribution in [0.2, 0.25) is 0 Å². The summed E-state index contributed by atoms with van der Waals surface area (Å²) in [6.07, 6.45) is 0. The highest BCUT2D eigenvalue weighted by molar-refractivity contribution is 7.13. The Kier molecular flexibility index (Phi) is 5.54. The highest BCUT2D eigenvalue weighted by atomic mass is 32.1. The van der Waals surface area contributed by atoms with Crippen LogP contribution in [0.5, 0.6) is 11.5 Å². The Morgan fingerprint density at radius 3 is 2.71 bits per heavy atom. The maximum atomic E-state index is 13.3. The van der Waals surface area contributed by atoms with E-state index in [9.17, 15) is 9.90 Å². The van der Waals surface area contributed by atoms with Crippen LogP contribution >= 0.6 is 11.3 Å².